The molecule has 1 aliphatic rings. The number of methoxy groups -OCH3 is 1. The molecule has 0 aliphatic carbocycles. The Kier molecular flexibility index (Phi) is 8.72. The Morgan fingerprint density at radius 1 is 1.12 bits per heavy atom. The van der Waals surface area contributed by atoms with Gasteiger partial charge in [-0.15, -0.1) is 0 Å². The van der Waals surface area contributed by atoms with Crippen LogP contribution in [0.4, 0.5) is 18.9 Å². The normalized spacial score (nSPS) is 14.8. The first-order chi connectivity index (χ1) is 15.4. The number of ether oxygens (including phenoxy) is 2. The van der Waals surface area contributed by atoms with E-state index in [9.17, 15) is 13.2 Å². The summed E-state index contributed by atoms with van der Waals surface area (Å²) in [5, 5.41) is 3.09. The maximum Gasteiger partial charge on any atom is 0.418 e. The van der Waals surface area contributed by atoms with Gasteiger partial charge in [-0.25, -0.2) is 0 Å². The fourth-order valence-corrected chi connectivity index (χ4v) is 3.81. The monoisotopic (exact) mass is 467 g/mol. The third-order valence-corrected chi connectivity index (χ3v) is 5.66. The first-order valence-electron chi connectivity index (χ1n) is 10.5. The molecule has 1 N–H and O–H groups in total. The molecule has 0 unspecified atom stereocenters. The Labute approximate surface area is 192 Å². The van der Waals surface area contributed by atoms with Gasteiger partial charge in [0.25, 0.3) is 0 Å². The van der Waals surface area contributed by atoms with Crippen LogP contribution in [0.25, 0.3) is 0 Å². The van der Waals surface area contributed by atoms with Crippen LogP contribution in [0.1, 0.15) is 17.5 Å². The maximum absolute atomic E-state index is 13.4. The number of nitrogens with zero attached hydrogens (tertiary/aromatic N) is 2. The topological polar surface area (TPSA) is 37.0 Å². The molecule has 5 nitrogen and oxygen atoms in total. The molecule has 2 aromatic carbocycles. The van der Waals surface area contributed by atoms with E-state index in [0.29, 0.717) is 13.1 Å². The third kappa shape index (κ3) is 7.08. The number of anilines is 1. The lowest BCUT2D eigenvalue weighted by molar-refractivity contribution is -0.136. The Morgan fingerprint density at radius 3 is 2.47 bits per heavy atom. The molecule has 174 valence electrons. The molecule has 3 rings (SSSR count). The van der Waals surface area contributed by atoms with E-state index in [4.69, 9.17) is 21.7 Å². The number of morpholine rings is 1. The summed E-state index contributed by atoms with van der Waals surface area (Å²) in [6, 6.07) is 13.0. The highest BCUT2D eigenvalue weighted by Crippen LogP contribution is 2.34. The van der Waals surface area contributed by atoms with Gasteiger partial charge < -0.3 is 19.7 Å². The first-order valence-corrected chi connectivity index (χ1v) is 10.9. The smallest absolute Gasteiger partial charge is 0.418 e. The van der Waals surface area contributed by atoms with Gasteiger partial charge in [0.1, 0.15) is 5.75 Å². The van der Waals surface area contributed by atoms with Gasteiger partial charge in [-0.1, -0.05) is 24.3 Å². The molecule has 32 heavy (non-hydrogen) atoms. The minimum absolute atomic E-state index is 0.0436. The van der Waals surface area contributed by atoms with Crippen molar-refractivity contribution in [2.24, 2.45) is 0 Å². The summed E-state index contributed by atoms with van der Waals surface area (Å²) < 4.78 is 50.8. The molecular weight excluding hydrogens is 439 g/mol. The van der Waals surface area contributed by atoms with Gasteiger partial charge in [-0.3, -0.25) is 4.90 Å². The van der Waals surface area contributed by atoms with Crippen LogP contribution >= 0.6 is 12.2 Å². The number of para-hydroxylation sites is 1. The van der Waals surface area contributed by atoms with Crippen molar-refractivity contribution in [2.45, 2.75) is 19.1 Å². The van der Waals surface area contributed by atoms with Gasteiger partial charge in [0.2, 0.25) is 0 Å². The average Bonchev–Trinajstić information content (AvgIpc) is 2.79. The Balaban J connectivity index is 1.70. The maximum atomic E-state index is 13.4. The first kappa shape index (κ1) is 24.3. The number of halogens is 3. The fraction of sp³-hybridized carbons (Fsp3) is 0.435. The Morgan fingerprint density at radius 2 is 1.81 bits per heavy atom. The van der Waals surface area contributed by atoms with Crippen molar-refractivity contribution in [3.63, 3.8) is 0 Å². The van der Waals surface area contributed by atoms with E-state index in [0.717, 1.165) is 56.6 Å². The highest BCUT2D eigenvalue weighted by atomic mass is 32.1. The quantitative estimate of drug-likeness (QED) is 0.571. The zero-order chi connectivity index (χ0) is 23.0. The van der Waals surface area contributed by atoms with Crippen molar-refractivity contribution in [1.82, 2.24) is 9.80 Å². The molecule has 1 heterocycles. The van der Waals surface area contributed by atoms with Crippen LogP contribution in [-0.2, 0) is 17.5 Å². The zero-order valence-electron chi connectivity index (χ0n) is 18.0. The summed E-state index contributed by atoms with van der Waals surface area (Å²) in [7, 11) is 1.60. The summed E-state index contributed by atoms with van der Waals surface area (Å²) in [6.45, 7) is 5.20. The highest BCUT2D eigenvalue weighted by Gasteiger charge is 2.33. The number of alkyl halides is 3. The molecule has 9 heteroatoms. The highest BCUT2D eigenvalue weighted by molar-refractivity contribution is 7.80. The molecule has 0 spiro atoms. The largest absolute Gasteiger partial charge is 0.497 e. The number of nitrogens with one attached hydrogen (secondary N) is 1. The van der Waals surface area contributed by atoms with Crippen LogP contribution in [0.3, 0.4) is 0 Å². The van der Waals surface area contributed by atoms with Crippen LogP contribution < -0.4 is 10.1 Å². The second-order valence-corrected chi connectivity index (χ2v) is 7.94. The number of rotatable bonds is 8. The van der Waals surface area contributed by atoms with E-state index in [1.807, 2.05) is 29.2 Å². The number of benzene rings is 2. The summed E-state index contributed by atoms with van der Waals surface area (Å²) in [4.78, 5) is 4.23. The van der Waals surface area contributed by atoms with E-state index in [1.54, 1.807) is 13.2 Å². The number of thiocarbonyl (C=S) groups is 1. The van der Waals surface area contributed by atoms with Crippen LogP contribution in [0, 0.1) is 0 Å². The SMILES string of the molecule is COc1ccc(CN(CCCN2CCOCC2)C(=S)Nc2ccccc2C(F)(F)F)cc1. The second-order valence-electron chi connectivity index (χ2n) is 7.55. The molecule has 1 aliphatic heterocycles. The van der Waals surface area contributed by atoms with Gasteiger partial charge in [-0.2, -0.15) is 13.2 Å². The summed E-state index contributed by atoms with van der Waals surface area (Å²) >= 11 is 5.55. The molecule has 1 saturated heterocycles. The molecule has 1 fully saturated rings. The lowest BCUT2D eigenvalue weighted by atomic mass is 10.1. The summed E-state index contributed by atoms with van der Waals surface area (Å²) in [5.41, 5.74) is 0.211. The summed E-state index contributed by atoms with van der Waals surface area (Å²) in [6.07, 6.45) is -3.63. The molecule has 0 aromatic heterocycles. The van der Waals surface area contributed by atoms with Gasteiger partial charge >= 0.3 is 6.18 Å². The summed E-state index contributed by atoms with van der Waals surface area (Å²) in [5.74, 6) is 0.743. The fourth-order valence-electron chi connectivity index (χ4n) is 3.55. The van der Waals surface area contributed by atoms with E-state index in [2.05, 4.69) is 10.2 Å². The number of hydrogen-bond donors (Lipinski definition) is 1. The molecule has 0 atom stereocenters. The van der Waals surface area contributed by atoms with Gasteiger partial charge in [0.15, 0.2) is 5.11 Å². The third-order valence-electron chi connectivity index (χ3n) is 5.30. The zero-order valence-corrected chi connectivity index (χ0v) is 18.8. The van der Waals surface area contributed by atoms with Crippen LogP contribution in [0.15, 0.2) is 48.5 Å². The lowest BCUT2D eigenvalue weighted by Crippen LogP contribution is -2.40. The molecule has 0 bridgehead atoms. The van der Waals surface area contributed by atoms with Crippen molar-refractivity contribution in [3.8, 4) is 5.75 Å². The predicted molar refractivity (Wildman–Crippen MR) is 123 cm³/mol. The standard InChI is InChI=1S/C23H28F3N3O2S/c1-30-19-9-7-18(8-10-19)17-29(12-4-11-28-13-15-31-16-14-28)22(32)27-21-6-3-2-5-20(21)23(24,25)26/h2-3,5-10H,4,11-17H2,1H3,(H,27,32). The predicted octanol–water partition coefficient (Wildman–Crippen LogP) is 4.64. The Bertz CT molecular complexity index is 872. The van der Waals surface area contributed by atoms with Crippen molar-refractivity contribution in [1.29, 1.82) is 0 Å². The van der Waals surface area contributed by atoms with Crippen molar-refractivity contribution >= 4 is 23.0 Å². The number of hydrogen-bond acceptors (Lipinski definition) is 4. The van der Waals surface area contributed by atoms with Crippen LogP contribution in [0.2, 0.25) is 0 Å². The second kappa shape index (κ2) is 11.5. The van der Waals surface area contributed by atoms with E-state index in [-0.39, 0.29) is 10.8 Å². The van der Waals surface area contributed by atoms with Crippen LogP contribution in [-0.4, -0.2) is 61.4 Å². The van der Waals surface area contributed by atoms with Crippen molar-refractivity contribution < 1.29 is 22.6 Å². The molecule has 0 saturated carbocycles. The van der Waals surface area contributed by atoms with E-state index >= 15 is 0 Å². The van der Waals surface area contributed by atoms with Gasteiger partial charge in [-0.05, 0) is 48.5 Å². The van der Waals surface area contributed by atoms with Gasteiger partial charge in [0, 0.05) is 32.7 Å². The average molecular weight is 468 g/mol. The lowest BCUT2D eigenvalue weighted by Gasteiger charge is -2.30. The van der Waals surface area contributed by atoms with Crippen LogP contribution in [0.5, 0.6) is 5.75 Å². The van der Waals surface area contributed by atoms with Crippen molar-refractivity contribution in [2.75, 3.05) is 51.8 Å². The molecular formula is C23H28F3N3O2S. The van der Waals surface area contributed by atoms with E-state index in [1.165, 1.54) is 12.1 Å². The minimum atomic E-state index is -4.46. The molecule has 0 amide bonds. The molecule has 0 radical (unpaired) electrons. The van der Waals surface area contributed by atoms with E-state index < -0.39 is 11.7 Å². The van der Waals surface area contributed by atoms with Crippen molar-refractivity contribution in [3.05, 3.63) is 59.7 Å². The minimum Gasteiger partial charge on any atom is -0.497 e. The molecule has 2 aromatic rings. The van der Waals surface area contributed by atoms with Gasteiger partial charge in [0.05, 0.1) is 31.6 Å². The Hall–Kier alpha value is -2.36.